The molecular weight excluding hydrogens is 272 g/mol. The zero-order valence-corrected chi connectivity index (χ0v) is 12.5. The van der Waals surface area contributed by atoms with Crippen LogP contribution in [0.2, 0.25) is 0 Å². The second-order valence-corrected chi connectivity index (χ2v) is 4.70. The highest BCUT2D eigenvalue weighted by Gasteiger charge is 2.26. The van der Waals surface area contributed by atoms with Crippen molar-refractivity contribution in [2.24, 2.45) is 10.3 Å². The van der Waals surface area contributed by atoms with Crippen molar-refractivity contribution in [1.29, 1.82) is 0 Å². The molecule has 1 aromatic rings. The van der Waals surface area contributed by atoms with E-state index in [4.69, 9.17) is 19.1 Å². The molecule has 0 spiro atoms. The fourth-order valence-electron chi connectivity index (χ4n) is 1.96. The Morgan fingerprint density at radius 2 is 1.90 bits per heavy atom. The van der Waals surface area contributed by atoms with Crippen LogP contribution in [-0.4, -0.2) is 38.0 Å². The summed E-state index contributed by atoms with van der Waals surface area (Å²) in [6.45, 7) is 5.20. The van der Waals surface area contributed by atoms with Crippen LogP contribution in [0, 0.1) is 0 Å². The third kappa shape index (κ3) is 4.27. The van der Waals surface area contributed by atoms with Gasteiger partial charge in [-0.15, -0.1) is 0 Å². The standard InChI is InChI=1S/C15H20N2O4/c1-11(2)16-21-10-12-6-4-5-7-13(12)14(17-18-3)15-19-8-9-20-15/h4-7,15H,8-10H2,1-3H3/b17-14+. The normalized spacial score (nSPS) is 15.9. The molecule has 6 nitrogen and oxygen atoms in total. The maximum Gasteiger partial charge on any atom is 0.205 e. The van der Waals surface area contributed by atoms with Gasteiger partial charge < -0.3 is 19.1 Å². The Balaban J connectivity index is 2.23. The first-order valence-electron chi connectivity index (χ1n) is 6.78. The average Bonchev–Trinajstić information content (AvgIpc) is 2.99. The van der Waals surface area contributed by atoms with E-state index in [0.29, 0.717) is 25.5 Å². The highest BCUT2D eigenvalue weighted by atomic mass is 16.7. The molecule has 1 aliphatic heterocycles. The number of hydrogen-bond acceptors (Lipinski definition) is 6. The SMILES string of the molecule is CO/N=C(\c1ccccc1CON=C(C)C)C1OCCO1. The van der Waals surface area contributed by atoms with Crippen molar-refractivity contribution in [2.75, 3.05) is 20.3 Å². The fraction of sp³-hybridized carbons (Fsp3) is 0.467. The van der Waals surface area contributed by atoms with Crippen LogP contribution < -0.4 is 0 Å². The van der Waals surface area contributed by atoms with Gasteiger partial charge in [-0.2, -0.15) is 0 Å². The van der Waals surface area contributed by atoms with Crippen LogP contribution in [0.4, 0.5) is 0 Å². The maximum absolute atomic E-state index is 5.52. The molecule has 0 amide bonds. The van der Waals surface area contributed by atoms with Gasteiger partial charge in [0.15, 0.2) is 0 Å². The molecule has 21 heavy (non-hydrogen) atoms. The summed E-state index contributed by atoms with van der Waals surface area (Å²) in [5, 5.41) is 8.00. The summed E-state index contributed by atoms with van der Waals surface area (Å²) in [6, 6.07) is 7.75. The lowest BCUT2D eigenvalue weighted by molar-refractivity contribution is 0.0120. The van der Waals surface area contributed by atoms with E-state index in [1.165, 1.54) is 7.11 Å². The minimum atomic E-state index is -0.512. The van der Waals surface area contributed by atoms with Crippen LogP contribution in [-0.2, 0) is 25.8 Å². The highest BCUT2D eigenvalue weighted by molar-refractivity contribution is 6.04. The topological polar surface area (TPSA) is 61.6 Å². The molecule has 0 aliphatic carbocycles. The first-order chi connectivity index (χ1) is 10.2. The Labute approximate surface area is 124 Å². The molecule has 1 fully saturated rings. The van der Waals surface area contributed by atoms with E-state index in [0.717, 1.165) is 16.8 Å². The van der Waals surface area contributed by atoms with E-state index in [-0.39, 0.29) is 0 Å². The van der Waals surface area contributed by atoms with Crippen LogP contribution in [0.1, 0.15) is 25.0 Å². The van der Waals surface area contributed by atoms with E-state index >= 15 is 0 Å². The lowest BCUT2D eigenvalue weighted by Gasteiger charge is -2.15. The van der Waals surface area contributed by atoms with Crippen molar-refractivity contribution in [3.8, 4) is 0 Å². The first kappa shape index (κ1) is 15.5. The summed E-state index contributed by atoms with van der Waals surface area (Å²) < 4.78 is 11.0. The van der Waals surface area contributed by atoms with E-state index in [2.05, 4.69) is 10.3 Å². The first-order valence-corrected chi connectivity index (χ1v) is 6.78. The van der Waals surface area contributed by atoms with Gasteiger partial charge in [-0.05, 0) is 13.8 Å². The molecule has 0 aromatic heterocycles. The molecule has 1 saturated heterocycles. The number of ether oxygens (including phenoxy) is 2. The monoisotopic (exact) mass is 292 g/mol. The predicted molar refractivity (Wildman–Crippen MR) is 79.3 cm³/mol. The number of oxime groups is 2. The lowest BCUT2D eigenvalue weighted by Crippen LogP contribution is -2.24. The van der Waals surface area contributed by atoms with Gasteiger partial charge in [-0.1, -0.05) is 34.6 Å². The second-order valence-electron chi connectivity index (χ2n) is 4.70. The Bertz CT molecular complexity index is 518. The van der Waals surface area contributed by atoms with Gasteiger partial charge in [0.05, 0.1) is 18.9 Å². The number of benzene rings is 1. The third-order valence-corrected chi connectivity index (χ3v) is 2.80. The molecule has 1 heterocycles. The maximum atomic E-state index is 5.52. The fourth-order valence-corrected chi connectivity index (χ4v) is 1.96. The molecule has 0 saturated carbocycles. The van der Waals surface area contributed by atoms with Crippen LogP contribution in [0.15, 0.2) is 34.6 Å². The van der Waals surface area contributed by atoms with Crippen LogP contribution >= 0.6 is 0 Å². The summed E-state index contributed by atoms with van der Waals surface area (Å²) >= 11 is 0. The quantitative estimate of drug-likeness (QED) is 0.596. The Hall–Kier alpha value is -1.92. The summed E-state index contributed by atoms with van der Waals surface area (Å²) in [5.41, 5.74) is 3.28. The molecular formula is C15H20N2O4. The molecule has 2 rings (SSSR count). The summed E-state index contributed by atoms with van der Waals surface area (Å²) in [7, 11) is 1.50. The smallest absolute Gasteiger partial charge is 0.205 e. The minimum Gasteiger partial charge on any atom is -0.399 e. The largest absolute Gasteiger partial charge is 0.399 e. The molecule has 0 bridgehead atoms. The van der Waals surface area contributed by atoms with Crippen LogP contribution in [0.3, 0.4) is 0 Å². The molecule has 6 heteroatoms. The van der Waals surface area contributed by atoms with Crippen molar-refractivity contribution in [3.63, 3.8) is 0 Å². The lowest BCUT2D eigenvalue weighted by atomic mass is 10.0. The summed E-state index contributed by atoms with van der Waals surface area (Å²) in [5.74, 6) is 0. The molecule has 0 N–H and O–H groups in total. The molecule has 0 radical (unpaired) electrons. The van der Waals surface area contributed by atoms with Gasteiger partial charge in [0.1, 0.15) is 19.4 Å². The van der Waals surface area contributed by atoms with Crippen molar-refractivity contribution in [2.45, 2.75) is 26.7 Å². The zero-order valence-electron chi connectivity index (χ0n) is 12.5. The number of rotatable bonds is 6. The minimum absolute atomic E-state index is 0.344. The van der Waals surface area contributed by atoms with E-state index in [1.807, 2.05) is 38.1 Å². The van der Waals surface area contributed by atoms with Crippen molar-refractivity contribution in [3.05, 3.63) is 35.4 Å². The molecule has 114 valence electrons. The Morgan fingerprint density at radius 1 is 1.19 bits per heavy atom. The zero-order chi connectivity index (χ0) is 15.1. The van der Waals surface area contributed by atoms with Gasteiger partial charge in [0.2, 0.25) is 6.29 Å². The Kier molecular flexibility index (Phi) is 5.71. The predicted octanol–water partition coefficient (Wildman–Crippen LogP) is 2.32. The molecule has 0 unspecified atom stereocenters. The van der Waals surface area contributed by atoms with E-state index in [9.17, 15) is 0 Å². The third-order valence-electron chi connectivity index (χ3n) is 2.80. The van der Waals surface area contributed by atoms with Crippen LogP contribution in [0.25, 0.3) is 0 Å². The van der Waals surface area contributed by atoms with Crippen molar-refractivity contribution >= 4 is 11.4 Å². The molecule has 1 aromatic carbocycles. The van der Waals surface area contributed by atoms with Gasteiger partial charge >= 0.3 is 0 Å². The average molecular weight is 292 g/mol. The van der Waals surface area contributed by atoms with Crippen molar-refractivity contribution in [1.82, 2.24) is 0 Å². The summed E-state index contributed by atoms with van der Waals surface area (Å²) in [4.78, 5) is 10.3. The van der Waals surface area contributed by atoms with Gasteiger partial charge in [0, 0.05) is 11.1 Å². The van der Waals surface area contributed by atoms with Gasteiger partial charge in [0.25, 0.3) is 0 Å². The number of hydrogen-bond donors (Lipinski definition) is 0. The molecule has 1 aliphatic rings. The summed E-state index contributed by atoms with van der Waals surface area (Å²) in [6.07, 6.45) is -0.512. The Morgan fingerprint density at radius 3 is 2.57 bits per heavy atom. The van der Waals surface area contributed by atoms with E-state index in [1.54, 1.807) is 0 Å². The van der Waals surface area contributed by atoms with Gasteiger partial charge in [-0.3, -0.25) is 0 Å². The highest BCUT2D eigenvalue weighted by Crippen LogP contribution is 2.18. The molecule has 0 atom stereocenters. The van der Waals surface area contributed by atoms with Gasteiger partial charge in [-0.25, -0.2) is 0 Å². The second kappa shape index (κ2) is 7.75. The van der Waals surface area contributed by atoms with E-state index < -0.39 is 6.29 Å². The van der Waals surface area contributed by atoms with Crippen molar-refractivity contribution < 1.29 is 19.1 Å². The number of nitrogens with zero attached hydrogens (tertiary/aromatic N) is 2. The van der Waals surface area contributed by atoms with Crippen LogP contribution in [0.5, 0.6) is 0 Å².